The number of sulfonamides is 1. The number of amides is 2. The number of nitrogens with one attached hydrogen (secondary N) is 2. The summed E-state index contributed by atoms with van der Waals surface area (Å²) in [5.41, 5.74) is 1.08. The van der Waals surface area contributed by atoms with Crippen molar-refractivity contribution < 1.29 is 22.7 Å². The van der Waals surface area contributed by atoms with Crippen LogP contribution in [0.15, 0.2) is 51.8 Å². The summed E-state index contributed by atoms with van der Waals surface area (Å²) in [4.78, 5) is 23.5. The Morgan fingerprint density at radius 1 is 1.03 bits per heavy atom. The van der Waals surface area contributed by atoms with E-state index in [1.54, 1.807) is 50.2 Å². The molecular formula is C20H24BrN3O5S. The van der Waals surface area contributed by atoms with Gasteiger partial charge in [-0.25, -0.2) is 8.42 Å². The number of anilines is 2. The largest absolute Gasteiger partial charge is 0.492 e. The van der Waals surface area contributed by atoms with Crippen molar-refractivity contribution in [3.05, 3.63) is 46.9 Å². The third-order valence-corrected chi connectivity index (χ3v) is 6.42. The predicted molar refractivity (Wildman–Crippen MR) is 119 cm³/mol. The van der Waals surface area contributed by atoms with E-state index in [9.17, 15) is 18.0 Å². The highest BCUT2D eigenvalue weighted by atomic mass is 79.9. The average molecular weight is 498 g/mol. The molecule has 30 heavy (non-hydrogen) atoms. The van der Waals surface area contributed by atoms with Gasteiger partial charge >= 0.3 is 0 Å². The summed E-state index contributed by atoms with van der Waals surface area (Å²) >= 11 is 3.28. The lowest BCUT2D eigenvalue weighted by atomic mass is 10.2. The summed E-state index contributed by atoms with van der Waals surface area (Å²) in [6, 6.07) is 11.2. The highest BCUT2D eigenvalue weighted by Crippen LogP contribution is 2.30. The van der Waals surface area contributed by atoms with Crippen LogP contribution in [0.2, 0.25) is 0 Å². The fourth-order valence-electron chi connectivity index (χ4n) is 2.66. The molecule has 162 valence electrons. The van der Waals surface area contributed by atoms with Crippen LogP contribution in [0.1, 0.15) is 20.8 Å². The molecule has 0 atom stereocenters. The second kappa shape index (κ2) is 10.6. The molecule has 0 aromatic heterocycles. The maximum Gasteiger partial charge on any atom is 0.247 e. The van der Waals surface area contributed by atoms with E-state index in [2.05, 4.69) is 26.6 Å². The molecule has 0 fully saturated rings. The first-order chi connectivity index (χ1) is 14.2. The number of ether oxygens (including phenoxy) is 1. The van der Waals surface area contributed by atoms with Gasteiger partial charge in [0, 0.05) is 29.3 Å². The summed E-state index contributed by atoms with van der Waals surface area (Å²) in [6.45, 7) is 4.88. The van der Waals surface area contributed by atoms with Gasteiger partial charge in [0.1, 0.15) is 10.6 Å². The van der Waals surface area contributed by atoms with Crippen LogP contribution < -0.4 is 15.4 Å². The number of likely N-dealkylation sites (N-methyl/N-ethyl adjacent to an activating group) is 1. The summed E-state index contributed by atoms with van der Waals surface area (Å²) in [5, 5.41) is 5.29. The molecule has 2 aromatic carbocycles. The van der Waals surface area contributed by atoms with Crippen molar-refractivity contribution in [1.29, 1.82) is 0 Å². The van der Waals surface area contributed by atoms with Gasteiger partial charge in [0.25, 0.3) is 0 Å². The molecule has 0 spiro atoms. The van der Waals surface area contributed by atoms with E-state index in [0.717, 1.165) is 4.31 Å². The third kappa shape index (κ3) is 6.28. The summed E-state index contributed by atoms with van der Waals surface area (Å²) in [5.74, 6) is -0.455. The van der Waals surface area contributed by atoms with Gasteiger partial charge in [-0.2, -0.15) is 4.31 Å². The molecule has 0 saturated heterocycles. The minimum Gasteiger partial charge on any atom is -0.492 e. The van der Waals surface area contributed by atoms with E-state index in [-0.39, 0.29) is 29.6 Å². The molecule has 0 heterocycles. The Bertz CT molecular complexity index is 1010. The van der Waals surface area contributed by atoms with E-state index in [4.69, 9.17) is 4.74 Å². The van der Waals surface area contributed by atoms with Crippen LogP contribution in [0.3, 0.4) is 0 Å². The number of halogens is 1. The minimum absolute atomic E-state index is 0.00645. The van der Waals surface area contributed by atoms with E-state index < -0.39 is 15.9 Å². The van der Waals surface area contributed by atoms with Gasteiger partial charge in [0.2, 0.25) is 21.8 Å². The zero-order chi connectivity index (χ0) is 22.3. The Morgan fingerprint density at radius 2 is 1.63 bits per heavy atom. The zero-order valence-electron chi connectivity index (χ0n) is 16.9. The first kappa shape index (κ1) is 23.8. The highest BCUT2D eigenvalue weighted by molar-refractivity contribution is 9.10. The molecule has 0 radical (unpaired) electrons. The summed E-state index contributed by atoms with van der Waals surface area (Å²) in [7, 11) is -3.96. The maximum absolute atomic E-state index is 13.2. The van der Waals surface area contributed by atoms with Crippen molar-refractivity contribution in [1.82, 2.24) is 4.31 Å². The Hall–Kier alpha value is -2.43. The Labute approximate surface area is 184 Å². The van der Waals surface area contributed by atoms with Gasteiger partial charge in [-0.05, 0) is 49.4 Å². The van der Waals surface area contributed by atoms with E-state index in [1.165, 1.54) is 13.0 Å². The van der Waals surface area contributed by atoms with Crippen LogP contribution >= 0.6 is 15.9 Å². The molecule has 0 bridgehead atoms. The average Bonchev–Trinajstić information content (AvgIpc) is 2.68. The number of rotatable bonds is 9. The van der Waals surface area contributed by atoms with Crippen LogP contribution in [0.4, 0.5) is 11.4 Å². The van der Waals surface area contributed by atoms with Crippen molar-refractivity contribution >= 4 is 49.1 Å². The second-order valence-electron chi connectivity index (χ2n) is 6.26. The Balaban J connectivity index is 2.16. The number of nitrogens with zero attached hydrogens (tertiary/aromatic N) is 1. The van der Waals surface area contributed by atoms with Gasteiger partial charge in [-0.15, -0.1) is 0 Å². The van der Waals surface area contributed by atoms with Crippen LogP contribution in [-0.2, 0) is 19.6 Å². The van der Waals surface area contributed by atoms with Crippen LogP contribution in [0.5, 0.6) is 5.75 Å². The van der Waals surface area contributed by atoms with E-state index in [1.807, 2.05) is 0 Å². The lowest BCUT2D eigenvalue weighted by Gasteiger charge is -2.22. The number of hydrogen-bond acceptors (Lipinski definition) is 5. The minimum atomic E-state index is -3.96. The van der Waals surface area contributed by atoms with Crippen molar-refractivity contribution in [2.24, 2.45) is 0 Å². The molecule has 0 aliphatic carbocycles. The quantitative estimate of drug-likeness (QED) is 0.551. The van der Waals surface area contributed by atoms with Gasteiger partial charge in [-0.1, -0.05) is 22.9 Å². The summed E-state index contributed by atoms with van der Waals surface area (Å²) < 4.78 is 33.4. The Morgan fingerprint density at radius 3 is 2.17 bits per heavy atom. The van der Waals surface area contributed by atoms with E-state index >= 15 is 0 Å². The van der Waals surface area contributed by atoms with Crippen LogP contribution in [0.25, 0.3) is 0 Å². The Kier molecular flexibility index (Phi) is 8.39. The standard InChI is InChI=1S/C20H24BrN3O5S/c1-4-24(30(27,28)19-12-15(21)6-11-18(19)29-5-2)13-20(26)23-17-9-7-16(8-10-17)22-14(3)25/h6-12H,4-5,13H2,1-3H3,(H,22,25)(H,23,26). The van der Waals surface area contributed by atoms with Crippen molar-refractivity contribution in [3.63, 3.8) is 0 Å². The molecule has 8 nitrogen and oxygen atoms in total. The lowest BCUT2D eigenvalue weighted by molar-refractivity contribution is -0.116. The number of hydrogen-bond donors (Lipinski definition) is 2. The lowest BCUT2D eigenvalue weighted by Crippen LogP contribution is -2.38. The molecule has 0 unspecified atom stereocenters. The van der Waals surface area contributed by atoms with Gasteiger partial charge in [-0.3, -0.25) is 9.59 Å². The predicted octanol–water partition coefficient (Wildman–Crippen LogP) is 3.46. The number of benzene rings is 2. The highest BCUT2D eigenvalue weighted by Gasteiger charge is 2.28. The SMILES string of the molecule is CCOc1ccc(Br)cc1S(=O)(=O)N(CC)CC(=O)Nc1ccc(NC(C)=O)cc1. The molecule has 0 aliphatic heterocycles. The number of carbonyl (C=O) groups is 2. The molecule has 0 saturated carbocycles. The first-order valence-corrected chi connectivity index (χ1v) is 11.5. The van der Waals surface area contributed by atoms with Crippen LogP contribution in [-0.4, -0.2) is 44.2 Å². The first-order valence-electron chi connectivity index (χ1n) is 9.27. The normalized spacial score (nSPS) is 11.2. The molecular weight excluding hydrogens is 474 g/mol. The molecule has 10 heteroatoms. The molecule has 2 amide bonds. The van der Waals surface area contributed by atoms with Crippen LogP contribution in [0, 0.1) is 0 Å². The fourth-order valence-corrected chi connectivity index (χ4v) is 4.74. The van der Waals surface area contributed by atoms with Crippen molar-refractivity contribution in [3.8, 4) is 5.75 Å². The smallest absolute Gasteiger partial charge is 0.247 e. The van der Waals surface area contributed by atoms with Gasteiger partial charge in [0.15, 0.2) is 0 Å². The molecule has 2 aromatic rings. The monoisotopic (exact) mass is 497 g/mol. The molecule has 2 N–H and O–H groups in total. The topological polar surface area (TPSA) is 105 Å². The van der Waals surface area contributed by atoms with Gasteiger partial charge < -0.3 is 15.4 Å². The molecule has 2 rings (SSSR count). The van der Waals surface area contributed by atoms with Crippen molar-refractivity contribution in [2.75, 3.05) is 30.3 Å². The third-order valence-electron chi connectivity index (χ3n) is 3.99. The van der Waals surface area contributed by atoms with Gasteiger partial charge in [0.05, 0.1) is 13.2 Å². The fraction of sp³-hybridized carbons (Fsp3) is 0.300. The van der Waals surface area contributed by atoms with E-state index in [0.29, 0.717) is 22.5 Å². The molecule has 0 aliphatic rings. The second-order valence-corrected chi connectivity index (χ2v) is 9.08. The van der Waals surface area contributed by atoms with Crippen molar-refractivity contribution in [2.45, 2.75) is 25.7 Å². The zero-order valence-corrected chi connectivity index (χ0v) is 19.3. The maximum atomic E-state index is 13.2. The summed E-state index contributed by atoms with van der Waals surface area (Å²) in [6.07, 6.45) is 0. The number of carbonyl (C=O) groups excluding carboxylic acids is 2.